The van der Waals surface area contributed by atoms with Crippen LogP contribution in [0.4, 0.5) is 0 Å². The Morgan fingerprint density at radius 1 is 1.11 bits per heavy atom. The molecular formula is C22H32N4O2. The zero-order valence-corrected chi connectivity index (χ0v) is 17.4. The normalized spacial score (nSPS) is 15.7. The maximum atomic E-state index is 12.9. The van der Waals surface area contributed by atoms with Gasteiger partial charge in [-0.2, -0.15) is 0 Å². The molecule has 2 heterocycles. The quantitative estimate of drug-likeness (QED) is 0.701. The van der Waals surface area contributed by atoms with Gasteiger partial charge in [0.05, 0.1) is 18.8 Å². The number of piperazine rings is 1. The molecule has 0 bridgehead atoms. The third kappa shape index (κ3) is 5.91. The minimum atomic E-state index is 0.224. The summed E-state index contributed by atoms with van der Waals surface area (Å²) < 4.78 is 5.31. The van der Waals surface area contributed by atoms with Crippen LogP contribution in [0.3, 0.4) is 0 Å². The number of aromatic nitrogens is 1. The highest BCUT2D eigenvalue weighted by Gasteiger charge is 2.22. The average molecular weight is 385 g/mol. The molecule has 1 aliphatic rings. The monoisotopic (exact) mass is 384 g/mol. The zero-order chi connectivity index (χ0) is 19.9. The lowest BCUT2D eigenvalue weighted by Gasteiger charge is -2.35. The molecule has 1 aromatic carbocycles. The third-order valence-electron chi connectivity index (χ3n) is 5.22. The Labute approximate surface area is 168 Å². The summed E-state index contributed by atoms with van der Waals surface area (Å²) in [7, 11) is 0. The van der Waals surface area contributed by atoms with Gasteiger partial charge in [-0.15, -0.1) is 0 Å². The fourth-order valence-electron chi connectivity index (χ4n) is 3.58. The summed E-state index contributed by atoms with van der Waals surface area (Å²) >= 11 is 0. The highest BCUT2D eigenvalue weighted by Crippen LogP contribution is 2.12. The van der Waals surface area contributed by atoms with Gasteiger partial charge < -0.3 is 9.42 Å². The number of amides is 1. The second-order valence-electron chi connectivity index (χ2n) is 7.79. The van der Waals surface area contributed by atoms with E-state index in [-0.39, 0.29) is 5.91 Å². The van der Waals surface area contributed by atoms with Crippen LogP contribution in [0.2, 0.25) is 0 Å². The molecule has 28 heavy (non-hydrogen) atoms. The molecule has 6 heteroatoms. The van der Waals surface area contributed by atoms with Crippen LogP contribution in [-0.2, 0) is 17.9 Å². The molecule has 0 unspecified atom stereocenters. The molecule has 0 saturated carbocycles. The molecule has 3 rings (SSSR count). The Kier molecular flexibility index (Phi) is 7.23. The van der Waals surface area contributed by atoms with E-state index < -0.39 is 0 Å². The first-order valence-corrected chi connectivity index (χ1v) is 10.2. The van der Waals surface area contributed by atoms with Gasteiger partial charge in [-0.1, -0.05) is 41.9 Å². The van der Waals surface area contributed by atoms with Crippen molar-refractivity contribution in [1.29, 1.82) is 0 Å². The number of carbonyl (C=O) groups is 1. The summed E-state index contributed by atoms with van der Waals surface area (Å²) in [6.45, 7) is 12.6. The summed E-state index contributed by atoms with van der Waals surface area (Å²) in [5, 5.41) is 3.95. The maximum Gasteiger partial charge on any atom is 0.237 e. The number of rotatable bonds is 8. The van der Waals surface area contributed by atoms with E-state index in [9.17, 15) is 4.79 Å². The summed E-state index contributed by atoms with van der Waals surface area (Å²) in [4.78, 5) is 19.5. The van der Waals surface area contributed by atoms with Gasteiger partial charge in [-0.3, -0.25) is 14.6 Å². The summed E-state index contributed by atoms with van der Waals surface area (Å²) in [6.07, 6.45) is 0.974. The van der Waals surface area contributed by atoms with Crippen molar-refractivity contribution in [3.8, 4) is 0 Å². The van der Waals surface area contributed by atoms with E-state index in [1.165, 1.54) is 11.1 Å². The first kappa shape index (κ1) is 20.6. The lowest BCUT2D eigenvalue weighted by Crippen LogP contribution is -2.49. The minimum absolute atomic E-state index is 0.224. The predicted molar refractivity (Wildman–Crippen MR) is 110 cm³/mol. The van der Waals surface area contributed by atoms with Crippen LogP contribution in [0.25, 0.3) is 0 Å². The molecule has 1 aromatic heterocycles. The average Bonchev–Trinajstić information content (AvgIpc) is 3.09. The Hall–Kier alpha value is -2.18. The molecule has 0 N–H and O–H groups in total. The Morgan fingerprint density at radius 2 is 1.79 bits per heavy atom. The van der Waals surface area contributed by atoms with E-state index in [1.54, 1.807) is 0 Å². The SMILES string of the molecule is CCCN(Cc1ccc(C)cc1)C(=O)CN1CCN(Cc2cc(C)no2)CC1. The molecule has 1 saturated heterocycles. The predicted octanol–water partition coefficient (Wildman–Crippen LogP) is 2.85. The Morgan fingerprint density at radius 3 is 2.39 bits per heavy atom. The van der Waals surface area contributed by atoms with Gasteiger partial charge in [0.1, 0.15) is 0 Å². The molecule has 1 amide bonds. The van der Waals surface area contributed by atoms with Gasteiger partial charge in [0, 0.05) is 45.3 Å². The number of hydrogen-bond acceptors (Lipinski definition) is 5. The van der Waals surface area contributed by atoms with E-state index in [0.29, 0.717) is 13.1 Å². The van der Waals surface area contributed by atoms with Crippen LogP contribution in [0.15, 0.2) is 34.9 Å². The van der Waals surface area contributed by atoms with Crippen LogP contribution in [-0.4, -0.2) is 65.0 Å². The van der Waals surface area contributed by atoms with Gasteiger partial charge >= 0.3 is 0 Å². The van der Waals surface area contributed by atoms with Crippen LogP contribution in [0, 0.1) is 13.8 Å². The van der Waals surface area contributed by atoms with Crippen LogP contribution < -0.4 is 0 Å². The summed E-state index contributed by atoms with van der Waals surface area (Å²) in [5.41, 5.74) is 3.36. The first-order valence-electron chi connectivity index (χ1n) is 10.2. The van der Waals surface area contributed by atoms with E-state index in [0.717, 1.165) is 57.1 Å². The molecule has 0 spiro atoms. The molecule has 1 fully saturated rings. The Bertz CT molecular complexity index is 748. The van der Waals surface area contributed by atoms with Crippen molar-refractivity contribution in [2.75, 3.05) is 39.3 Å². The van der Waals surface area contributed by atoms with Crippen LogP contribution >= 0.6 is 0 Å². The van der Waals surface area contributed by atoms with Crippen LogP contribution in [0.5, 0.6) is 0 Å². The highest BCUT2D eigenvalue weighted by atomic mass is 16.5. The van der Waals surface area contributed by atoms with Crippen molar-refractivity contribution in [2.45, 2.75) is 40.3 Å². The van der Waals surface area contributed by atoms with Crippen molar-refractivity contribution < 1.29 is 9.32 Å². The largest absolute Gasteiger partial charge is 0.360 e. The van der Waals surface area contributed by atoms with Crippen molar-refractivity contribution in [3.63, 3.8) is 0 Å². The van der Waals surface area contributed by atoms with Gasteiger partial charge in [-0.05, 0) is 25.8 Å². The second-order valence-corrected chi connectivity index (χ2v) is 7.79. The summed E-state index contributed by atoms with van der Waals surface area (Å²) in [5.74, 6) is 1.14. The van der Waals surface area contributed by atoms with Crippen molar-refractivity contribution in [3.05, 3.63) is 52.9 Å². The van der Waals surface area contributed by atoms with Gasteiger partial charge in [0.25, 0.3) is 0 Å². The van der Waals surface area contributed by atoms with Crippen molar-refractivity contribution >= 4 is 5.91 Å². The number of benzene rings is 1. The van der Waals surface area contributed by atoms with Gasteiger partial charge in [0.15, 0.2) is 5.76 Å². The molecule has 152 valence electrons. The smallest absolute Gasteiger partial charge is 0.237 e. The third-order valence-corrected chi connectivity index (χ3v) is 5.22. The van der Waals surface area contributed by atoms with E-state index >= 15 is 0 Å². The molecular weight excluding hydrogens is 352 g/mol. The minimum Gasteiger partial charge on any atom is -0.360 e. The summed E-state index contributed by atoms with van der Waals surface area (Å²) in [6, 6.07) is 10.5. The lowest BCUT2D eigenvalue weighted by atomic mass is 10.1. The highest BCUT2D eigenvalue weighted by molar-refractivity contribution is 5.78. The first-order chi connectivity index (χ1) is 13.5. The number of nitrogens with zero attached hydrogens (tertiary/aromatic N) is 4. The molecule has 0 aliphatic carbocycles. The van der Waals surface area contributed by atoms with E-state index in [1.807, 2.05) is 17.9 Å². The fourth-order valence-corrected chi connectivity index (χ4v) is 3.58. The number of hydrogen-bond donors (Lipinski definition) is 0. The molecule has 0 radical (unpaired) electrons. The van der Waals surface area contributed by atoms with Gasteiger partial charge in [-0.25, -0.2) is 0 Å². The van der Waals surface area contributed by atoms with E-state index in [2.05, 4.69) is 53.1 Å². The van der Waals surface area contributed by atoms with Crippen molar-refractivity contribution in [2.24, 2.45) is 0 Å². The van der Waals surface area contributed by atoms with E-state index in [4.69, 9.17) is 4.52 Å². The Balaban J connectivity index is 1.47. The molecule has 1 aliphatic heterocycles. The lowest BCUT2D eigenvalue weighted by molar-refractivity contribution is -0.133. The van der Waals surface area contributed by atoms with Gasteiger partial charge in [0.2, 0.25) is 5.91 Å². The number of aryl methyl sites for hydroxylation is 2. The van der Waals surface area contributed by atoms with Crippen molar-refractivity contribution in [1.82, 2.24) is 19.9 Å². The topological polar surface area (TPSA) is 52.8 Å². The molecule has 0 atom stereocenters. The van der Waals surface area contributed by atoms with Crippen LogP contribution in [0.1, 0.15) is 35.9 Å². The molecule has 2 aromatic rings. The standard InChI is InChI=1S/C22H32N4O2/c1-4-9-26(15-20-7-5-18(2)6-8-20)22(27)17-25-12-10-24(11-13-25)16-21-14-19(3)23-28-21/h5-8,14H,4,9-13,15-17H2,1-3H3. The second kappa shape index (κ2) is 9.85. The number of carbonyl (C=O) groups excluding carboxylic acids is 1. The maximum absolute atomic E-state index is 12.9. The zero-order valence-electron chi connectivity index (χ0n) is 17.4. The fraction of sp³-hybridized carbons (Fsp3) is 0.545. The molecule has 6 nitrogen and oxygen atoms in total.